The molecule has 0 spiro atoms. The molecule has 0 bridgehead atoms. The normalized spacial score (nSPS) is 24.9. The van der Waals surface area contributed by atoms with Gasteiger partial charge in [0, 0.05) is 20.8 Å². The van der Waals surface area contributed by atoms with Crippen LogP contribution in [0, 0.1) is 0 Å². The molecule has 96 valence electrons. The SMILES string of the molecule is COC(OC)C(C)(O)CCCC1CCCO1. The van der Waals surface area contributed by atoms with E-state index in [2.05, 4.69) is 0 Å². The lowest BCUT2D eigenvalue weighted by molar-refractivity contribution is -0.210. The smallest absolute Gasteiger partial charge is 0.185 e. The van der Waals surface area contributed by atoms with E-state index in [1.54, 1.807) is 21.1 Å². The highest BCUT2D eigenvalue weighted by Gasteiger charge is 2.32. The van der Waals surface area contributed by atoms with Crippen molar-refractivity contribution in [3.63, 3.8) is 0 Å². The van der Waals surface area contributed by atoms with Gasteiger partial charge in [0.25, 0.3) is 0 Å². The Morgan fingerprint density at radius 2 is 2.12 bits per heavy atom. The lowest BCUT2D eigenvalue weighted by atomic mass is 9.96. The van der Waals surface area contributed by atoms with E-state index in [4.69, 9.17) is 14.2 Å². The molecule has 16 heavy (non-hydrogen) atoms. The molecule has 4 nitrogen and oxygen atoms in total. The Kier molecular flexibility index (Phi) is 5.69. The van der Waals surface area contributed by atoms with Gasteiger partial charge in [-0.25, -0.2) is 0 Å². The summed E-state index contributed by atoms with van der Waals surface area (Å²) in [5.74, 6) is 0. The van der Waals surface area contributed by atoms with Crippen molar-refractivity contribution in [2.45, 2.75) is 57.0 Å². The standard InChI is InChI=1S/C12H24O4/c1-12(13,11(14-2)15-3)8-4-6-10-7-5-9-16-10/h10-11,13H,4-9H2,1-3H3. The molecule has 0 aromatic carbocycles. The Bertz CT molecular complexity index is 183. The van der Waals surface area contributed by atoms with Crippen molar-refractivity contribution >= 4 is 0 Å². The van der Waals surface area contributed by atoms with Crippen LogP contribution in [0.4, 0.5) is 0 Å². The molecular formula is C12H24O4. The third-order valence-electron chi connectivity index (χ3n) is 3.17. The third kappa shape index (κ3) is 4.01. The predicted octanol–water partition coefficient (Wildman–Crippen LogP) is 1.71. The van der Waals surface area contributed by atoms with Crippen molar-refractivity contribution in [1.82, 2.24) is 0 Å². The summed E-state index contributed by atoms with van der Waals surface area (Å²) in [4.78, 5) is 0. The Morgan fingerprint density at radius 1 is 1.44 bits per heavy atom. The van der Waals surface area contributed by atoms with E-state index in [9.17, 15) is 5.11 Å². The summed E-state index contributed by atoms with van der Waals surface area (Å²) >= 11 is 0. The largest absolute Gasteiger partial charge is 0.385 e. The van der Waals surface area contributed by atoms with Gasteiger partial charge < -0.3 is 19.3 Å². The second-order valence-electron chi connectivity index (χ2n) is 4.69. The summed E-state index contributed by atoms with van der Waals surface area (Å²) in [7, 11) is 3.09. The van der Waals surface area contributed by atoms with Crippen molar-refractivity contribution in [3.8, 4) is 0 Å². The fraction of sp³-hybridized carbons (Fsp3) is 1.00. The lowest BCUT2D eigenvalue weighted by Gasteiger charge is -2.30. The first kappa shape index (κ1) is 13.9. The highest BCUT2D eigenvalue weighted by molar-refractivity contribution is 4.77. The Hall–Kier alpha value is -0.160. The summed E-state index contributed by atoms with van der Waals surface area (Å²) in [5, 5.41) is 10.2. The van der Waals surface area contributed by atoms with Crippen molar-refractivity contribution in [2.75, 3.05) is 20.8 Å². The zero-order valence-corrected chi connectivity index (χ0v) is 10.6. The van der Waals surface area contributed by atoms with Gasteiger partial charge in [0.2, 0.25) is 0 Å². The molecule has 1 rings (SSSR count). The number of hydrogen-bond acceptors (Lipinski definition) is 4. The number of ether oxygens (including phenoxy) is 3. The zero-order valence-electron chi connectivity index (χ0n) is 10.6. The molecule has 0 saturated carbocycles. The van der Waals surface area contributed by atoms with E-state index in [-0.39, 0.29) is 0 Å². The molecule has 2 atom stereocenters. The Labute approximate surface area is 97.9 Å². The van der Waals surface area contributed by atoms with Crippen LogP contribution in [0.15, 0.2) is 0 Å². The average molecular weight is 232 g/mol. The van der Waals surface area contributed by atoms with Crippen LogP contribution < -0.4 is 0 Å². The molecule has 1 saturated heterocycles. The molecule has 0 aliphatic carbocycles. The molecule has 1 heterocycles. The van der Waals surface area contributed by atoms with Crippen LogP contribution in [-0.4, -0.2) is 43.9 Å². The Morgan fingerprint density at radius 3 is 2.62 bits per heavy atom. The molecule has 0 aromatic heterocycles. The van der Waals surface area contributed by atoms with Gasteiger partial charge in [0.1, 0.15) is 5.60 Å². The van der Waals surface area contributed by atoms with E-state index in [0.29, 0.717) is 12.5 Å². The van der Waals surface area contributed by atoms with E-state index < -0.39 is 11.9 Å². The van der Waals surface area contributed by atoms with Gasteiger partial charge in [-0.2, -0.15) is 0 Å². The fourth-order valence-electron chi connectivity index (χ4n) is 2.28. The van der Waals surface area contributed by atoms with Gasteiger partial charge in [-0.05, 0) is 39.0 Å². The van der Waals surface area contributed by atoms with Gasteiger partial charge >= 0.3 is 0 Å². The van der Waals surface area contributed by atoms with Gasteiger partial charge in [-0.3, -0.25) is 0 Å². The minimum Gasteiger partial charge on any atom is -0.385 e. The second-order valence-corrected chi connectivity index (χ2v) is 4.69. The first-order valence-corrected chi connectivity index (χ1v) is 5.99. The molecule has 4 heteroatoms. The maximum absolute atomic E-state index is 10.2. The first-order valence-electron chi connectivity index (χ1n) is 5.99. The highest BCUT2D eigenvalue weighted by Crippen LogP contribution is 2.24. The maximum atomic E-state index is 10.2. The van der Waals surface area contributed by atoms with E-state index >= 15 is 0 Å². The summed E-state index contributed by atoms with van der Waals surface area (Å²) in [6.45, 7) is 2.64. The number of aliphatic hydroxyl groups is 1. The van der Waals surface area contributed by atoms with Crippen LogP contribution in [0.25, 0.3) is 0 Å². The van der Waals surface area contributed by atoms with Crippen molar-refractivity contribution in [2.24, 2.45) is 0 Å². The van der Waals surface area contributed by atoms with E-state index in [1.807, 2.05) is 0 Å². The molecule has 0 radical (unpaired) electrons. The Balaban J connectivity index is 2.23. The zero-order chi connectivity index (χ0) is 12.0. The second kappa shape index (κ2) is 6.55. The molecule has 1 aliphatic heterocycles. The minimum atomic E-state index is -0.928. The highest BCUT2D eigenvalue weighted by atomic mass is 16.7. The molecule has 1 N–H and O–H groups in total. The van der Waals surface area contributed by atoms with Crippen molar-refractivity contribution < 1.29 is 19.3 Å². The number of hydrogen-bond donors (Lipinski definition) is 1. The van der Waals surface area contributed by atoms with E-state index in [1.165, 1.54) is 6.42 Å². The number of rotatable bonds is 7. The molecule has 2 unspecified atom stereocenters. The van der Waals surface area contributed by atoms with Crippen molar-refractivity contribution in [3.05, 3.63) is 0 Å². The van der Waals surface area contributed by atoms with Crippen LogP contribution in [0.5, 0.6) is 0 Å². The van der Waals surface area contributed by atoms with Crippen molar-refractivity contribution in [1.29, 1.82) is 0 Å². The van der Waals surface area contributed by atoms with Crippen LogP contribution in [0.1, 0.15) is 39.0 Å². The molecule has 1 aliphatic rings. The first-order chi connectivity index (χ1) is 7.60. The van der Waals surface area contributed by atoms with Crippen LogP contribution in [0.3, 0.4) is 0 Å². The molecule has 0 amide bonds. The fourth-order valence-corrected chi connectivity index (χ4v) is 2.28. The molecule has 0 aromatic rings. The maximum Gasteiger partial charge on any atom is 0.185 e. The average Bonchev–Trinajstić information content (AvgIpc) is 2.71. The summed E-state index contributed by atoms with van der Waals surface area (Å²) < 4.78 is 15.7. The predicted molar refractivity (Wildman–Crippen MR) is 61.3 cm³/mol. The van der Waals surface area contributed by atoms with Gasteiger partial charge in [0.05, 0.1) is 6.10 Å². The lowest BCUT2D eigenvalue weighted by Crippen LogP contribution is -2.41. The summed E-state index contributed by atoms with van der Waals surface area (Å²) in [6.07, 6.45) is 4.76. The third-order valence-corrected chi connectivity index (χ3v) is 3.17. The van der Waals surface area contributed by atoms with Gasteiger partial charge in [-0.1, -0.05) is 0 Å². The topological polar surface area (TPSA) is 47.9 Å². The van der Waals surface area contributed by atoms with Gasteiger partial charge in [0.15, 0.2) is 6.29 Å². The minimum absolute atomic E-state index is 0.388. The van der Waals surface area contributed by atoms with Crippen LogP contribution in [-0.2, 0) is 14.2 Å². The van der Waals surface area contributed by atoms with E-state index in [0.717, 1.165) is 25.9 Å². The molecular weight excluding hydrogens is 208 g/mol. The quantitative estimate of drug-likeness (QED) is 0.679. The summed E-state index contributed by atoms with van der Waals surface area (Å²) in [6, 6.07) is 0. The molecule has 1 fully saturated rings. The van der Waals surface area contributed by atoms with Crippen LogP contribution in [0.2, 0.25) is 0 Å². The van der Waals surface area contributed by atoms with Crippen LogP contribution >= 0.6 is 0 Å². The summed E-state index contributed by atoms with van der Waals surface area (Å²) in [5.41, 5.74) is -0.928. The monoisotopic (exact) mass is 232 g/mol. The number of methoxy groups -OCH3 is 2. The van der Waals surface area contributed by atoms with Gasteiger partial charge in [-0.15, -0.1) is 0 Å².